The lowest BCUT2D eigenvalue weighted by Crippen LogP contribution is -2.21. The van der Waals surface area contributed by atoms with Crippen molar-refractivity contribution in [3.8, 4) is 23.0 Å². The van der Waals surface area contributed by atoms with Crippen LogP contribution in [0.4, 0.5) is 5.69 Å². The molecule has 2 rings (SSSR count). The molecule has 0 heterocycles. The Bertz CT molecular complexity index is 1280. The van der Waals surface area contributed by atoms with Gasteiger partial charge in [-0.3, -0.25) is 14.4 Å². The van der Waals surface area contributed by atoms with Crippen molar-refractivity contribution >= 4 is 39.4 Å². The summed E-state index contributed by atoms with van der Waals surface area (Å²) in [6.45, 7) is -0.654. The van der Waals surface area contributed by atoms with Crippen LogP contribution in [0.25, 0.3) is 6.08 Å². The topological polar surface area (TPSA) is 164 Å². The second kappa shape index (κ2) is 13.9. The Labute approximate surface area is 220 Å². The van der Waals surface area contributed by atoms with Gasteiger partial charge in [-0.1, -0.05) is 6.07 Å². The van der Waals surface area contributed by atoms with Gasteiger partial charge in [0.1, 0.15) is 23.0 Å². The van der Waals surface area contributed by atoms with Crippen LogP contribution in [-0.4, -0.2) is 66.4 Å². The molecule has 2 aromatic carbocycles. The Morgan fingerprint density at radius 2 is 1.53 bits per heavy atom. The number of hydrogen-bond donors (Lipinski definition) is 2. The van der Waals surface area contributed by atoms with E-state index >= 15 is 0 Å². The van der Waals surface area contributed by atoms with Gasteiger partial charge in [0.25, 0.3) is 5.91 Å². The second-order valence-corrected chi connectivity index (χ2v) is 9.58. The SMILES string of the molecule is COc1cc(OC)c(/C=C/S(=O)(=O)Cc2ccc(OC)c(NC(=O)COC(=O)CCC(=O)O)c2)c(OC)c1. The van der Waals surface area contributed by atoms with Crippen molar-refractivity contribution in [2.45, 2.75) is 18.6 Å². The number of nitrogens with one attached hydrogen (secondary N) is 1. The van der Waals surface area contributed by atoms with E-state index in [9.17, 15) is 22.8 Å². The highest BCUT2D eigenvalue weighted by Gasteiger charge is 2.16. The van der Waals surface area contributed by atoms with E-state index in [1.807, 2.05) is 0 Å². The number of amides is 1. The summed E-state index contributed by atoms with van der Waals surface area (Å²) in [5.41, 5.74) is 0.909. The summed E-state index contributed by atoms with van der Waals surface area (Å²) in [4.78, 5) is 34.3. The first-order valence-electron chi connectivity index (χ1n) is 11.1. The lowest BCUT2D eigenvalue weighted by atomic mass is 10.1. The summed E-state index contributed by atoms with van der Waals surface area (Å²) in [5.74, 6) is -1.70. The van der Waals surface area contributed by atoms with Gasteiger partial charge in [0.05, 0.1) is 58.3 Å². The first-order chi connectivity index (χ1) is 18.0. The molecule has 0 unspecified atom stereocenters. The number of carboxylic acids is 1. The number of carboxylic acid groups (broad SMARTS) is 1. The smallest absolute Gasteiger partial charge is 0.306 e. The Balaban J connectivity index is 2.17. The van der Waals surface area contributed by atoms with Gasteiger partial charge in [-0.15, -0.1) is 0 Å². The standard InChI is InChI=1S/C25H29NO11S/c1-33-17-12-21(35-3)18(22(13-17)36-4)9-10-38(31,32)15-16-5-6-20(34-2)19(11-16)26-23(27)14-37-25(30)8-7-24(28)29/h5-6,9-13H,7-8,14-15H2,1-4H3,(H,26,27)(H,28,29)/b10-9+. The number of esters is 1. The Morgan fingerprint density at radius 1 is 0.895 bits per heavy atom. The zero-order chi connectivity index (χ0) is 28.3. The van der Waals surface area contributed by atoms with Crippen molar-refractivity contribution in [3.63, 3.8) is 0 Å². The summed E-state index contributed by atoms with van der Waals surface area (Å²) in [6, 6.07) is 7.62. The van der Waals surface area contributed by atoms with Gasteiger partial charge in [-0.2, -0.15) is 0 Å². The van der Waals surface area contributed by atoms with Crippen molar-refractivity contribution < 1.29 is 51.6 Å². The minimum Gasteiger partial charge on any atom is -0.496 e. The Morgan fingerprint density at radius 3 is 2.08 bits per heavy atom. The number of sulfone groups is 1. The summed E-state index contributed by atoms with van der Waals surface area (Å²) in [7, 11) is 1.93. The Hall–Kier alpha value is -4.26. The van der Waals surface area contributed by atoms with Crippen LogP contribution in [0, 0.1) is 0 Å². The van der Waals surface area contributed by atoms with E-state index in [2.05, 4.69) is 5.32 Å². The molecular formula is C25H29NO11S. The quantitative estimate of drug-likeness (QED) is 0.332. The van der Waals surface area contributed by atoms with Crippen LogP contribution < -0.4 is 24.3 Å². The molecular weight excluding hydrogens is 522 g/mol. The second-order valence-electron chi connectivity index (χ2n) is 7.69. The number of hydrogen-bond acceptors (Lipinski definition) is 10. The number of benzene rings is 2. The van der Waals surface area contributed by atoms with E-state index in [0.29, 0.717) is 28.4 Å². The molecule has 2 aromatic rings. The van der Waals surface area contributed by atoms with Crippen molar-refractivity contribution in [2.24, 2.45) is 0 Å². The van der Waals surface area contributed by atoms with Gasteiger partial charge < -0.3 is 34.1 Å². The fourth-order valence-corrected chi connectivity index (χ4v) is 4.29. The molecule has 0 aliphatic heterocycles. The van der Waals surface area contributed by atoms with Crippen LogP contribution in [0.2, 0.25) is 0 Å². The van der Waals surface area contributed by atoms with Gasteiger partial charge in [0, 0.05) is 17.5 Å². The lowest BCUT2D eigenvalue weighted by Gasteiger charge is -2.13. The molecule has 0 radical (unpaired) electrons. The summed E-state index contributed by atoms with van der Waals surface area (Å²) in [6.07, 6.45) is 0.565. The van der Waals surface area contributed by atoms with Crippen LogP contribution in [0.3, 0.4) is 0 Å². The molecule has 0 bridgehead atoms. The van der Waals surface area contributed by atoms with Crippen molar-refractivity contribution in [1.82, 2.24) is 0 Å². The van der Waals surface area contributed by atoms with Gasteiger partial charge in [-0.25, -0.2) is 8.42 Å². The molecule has 0 fully saturated rings. The van der Waals surface area contributed by atoms with Crippen molar-refractivity contribution in [3.05, 3.63) is 46.9 Å². The maximum atomic E-state index is 12.9. The van der Waals surface area contributed by atoms with Gasteiger partial charge in [-0.05, 0) is 23.8 Å². The van der Waals surface area contributed by atoms with Crippen LogP contribution in [-0.2, 0) is 34.7 Å². The number of methoxy groups -OCH3 is 4. The van der Waals surface area contributed by atoms with Gasteiger partial charge in [0.2, 0.25) is 0 Å². The Kier molecular flexibility index (Phi) is 10.9. The molecule has 0 aliphatic rings. The number of aliphatic carboxylic acids is 1. The first kappa shape index (κ1) is 30.0. The fourth-order valence-electron chi connectivity index (χ4n) is 3.21. The molecule has 0 saturated heterocycles. The van der Waals surface area contributed by atoms with E-state index in [1.165, 1.54) is 52.7 Å². The highest BCUT2D eigenvalue weighted by Crippen LogP contribution is 2.35. The summed E-state index contributed by atoms with van der Waals surface area (Å²) >= 11 is 0. The maximum absolute atomic E-state index is 12.9. The number of anilines is 1. The normalized spacial score (nSPS) is 11.1. The molecule has 1 amide bonds. The molecule has 0 aliphatic carbocycles. The highest BCUT2D eigenvalue weighted by atomic mass is 32.2. The minimum atomic E-state index is -3.79. The summed E-state index contributed by atoms with van der Waals surface area (Å²) < 4.78 is 51.5. The fraction of sp³-hybridized carbons (Fsp3) is 0.320. The third-order valence-corrected chi connectivity index (χ3v) is 6.29. The molecule has 2 N–H and O–H groups in total. The van der Waals surface area contributed by atoms with Crippen molar-refractivity contribution in [1.29, 1.82) is 0 Å². The average Bonchev–Trinajstić information content (AvgIpc) is 2.88. The highest BCUT2D eigenvalue weighted by molar-refractivity contribution is 7.93. The molecule has 0 atom stereocenters. The zero-order valence-electron chi connectivity index (χ0n) is 21.3. The summed E-state index contributed by atoms with van der Waals surface area (Å²) in [5, 5.41) is 12.1. The third kappa shape index (κ3) is 9.00. The van der Waals surface area contributed by atoms with E-state index in [0.717, 1.165) is 5.41 Å². The molecule has 13 heteroatoms. The molecule has 206 valence electrons. The monoisotopic (exact) mass is 551 g/mol. The molecule has 0 aromatic heterocycles. The minimum absolute atomic E-state index is 0.161. The largest absolute Gasteiger partial charge is 0.496 e. The molecule has 0 saturated carbocycles. The van der Waals surface area contributed by atoms with Gasteiger partial charge in [0.15, 0.2) is 16.4 Å². The van der Waals surface area contributed by atoms with Crippen LogP contribution in [0.15, 0.2) is 35.7 Å². The van der Waals surface area contributed by atoms with E-state index in [1.54, 1.807) is 12.1 Å². The van der Waals surface area contributed by atoms with Crippen LogP contribution in [0.5, 0.6) is 23.0 Å². The van der Waals surface area contributed by atoms with E-state index in [-0.39, 0.29) is 17.9 Å². The van der Waals surface area contributed by atoms with Crippen LogP contribution >= 0.6 is 0 Å². The third-order valence-electron chi connectivity index (χ3n) is 5.01. The predicted molar refractivity (Wildman–Crippen MR) is 137 cm³/mol. The predicted octanol–water partition coefficient (Wildman–Crippen LogP) is 2.65. The van der Waals surface area contributed by atoms with E-state index < -0.39 is 46.5 Å². The van der Waals surface area contributed by atoms with Crippen LogP contribution in [0.1, 0.15) is 24.0 Å². The number of ether oxygens (including phenoxy) is 5. The first-order valence-corrected chi connectivity index (χ1v) is 12.8. The average molecular weight is 552 g/mol. The molecule has 38 heavy (non-hydrogen) atoms. The number of rotatable bonds is 14. The number of carbonyl (C=O) groups excluding carboxylic acids is 2. The van der Waals surface area contributed by atoms with Crippen molar-refractivity contribution in [2.75, 3.05) is 40.4 Å². The maximum Gasteiger partial charge on any atom is 0.306 e. The zero-order valence-corrected chi connectivity index (χ0v) is 22.1. The number of carbonyl (C=O) groups is 3. The molecule has 12 nitrogen and oxygen atoms in total. The molecule has 0 spiro atoms. The van der Waals surface area contributed by atoms with Gasteiger partial charge >= 0.3 is 11.9 Å². The van der Waals surface area contributed by atoms with E-state index in [4.69, 9.17) is 28.8 Å². The lowest BCUT2D eigenvalue weighted by molar-refractivity contribution is -0.149.